The van der Waals surface area contributed by atoms with Crippen LogP contribution in [0.3, 0.4) is 0 Å². The lowest BCUT2D eigenvalue weighted by molar-refractivity contribution is 0.359. The van der Waals surface area contributed by atoms with Crippen LogP contribution < -0.4 is 5.73 Å². The van der Waals surface area contributed by atoms with Crippen LogP contribution in [0.25, 0.3) is 0 Å². The molecule has 0 aliphatic carbocycles. The maximum absolute atomic E-state index is 11.0. The molecular weight excluding hydrogens is 225 g/mol. The molecule has 1 aromatic rings. The van der Waals surface area contributed by atoms with E-state index < -0.39 is 13.3 Å². The van der Waals surface area contributed by atoms with Crippen molar-refractivity contribution in [2.24, 2.45) is 5.73 Å². The van der Waals surface area contributed by atoms with E-state index in [-0.39, 0.29) is 6.54 Å². The summed E-state index contributed by atoms with van der Waals surface area (Å²) in [6.07, 6.45) is 0. The normalized spacial score (nSPS) is 14.0. The highest BCUT2D eigenvalue weighted by molar-refractivity contribution is 7.52. The van der Waals surface area contributed by atoms with E-state index in [0.717, 1.165) is 0 Å². The lowest BCUT2D eigenvalue weighted by atomic mass is 10.1. The van der Waals surface area contributed by atoms with Crippen molar-refractivity contribution in [2.45, 2.75) is 5.66 Å². The quantitative estimate of drug-likeness (QED) is 0.694. The molecule has 1 aromatic carbocycles. The van der Waals surface area contributed by atoms with Gasteiger partial charge in [0, 0.05) is 11.6 Å². The minimum Gasteiger partial charge on any atom is -0.329 e. The lowest BCUT2D eigenvalue weighted by Gasteiger charge is -2.16. The Bertz CT molecular complexity index is 348. The summed E-state index contributed by atoms with van der Waals surface area (Å²) in [5, 5.41) is 0.523. The molecule has 0 aliphatic heterocycles. The first kappa shape index (κ1) is 11.7. The lowest BCUT2D eigenvalue weighted by Crippen LogP contribution is -2.12. The summed E-state index contributed by atoms with van der Waals surface area (Å²) >= 11 is 5.65. The second kappa shape index (κ2) is 4.43. The number of benzene rings is 1. The minimum absolute atomic E-state index is 0.0914. The average Bonchev–Trinajstić information content (AvgIpc) is 2.07. The smallest absolute Gasteiger partial charge is 0.329 e. The molecule has 1 unspecified atom stereocenters. The molecule has 14 heavy (non-hydrogen) atoms. The van der Waals surface area contributed by atoms with Crippen molar-refractivity contribution < 1.29 is 14.4 Å². The summed E-state index contributed by atoms with van der Waals surface area (Å²) < 4.78 is 11.0. The largest absolute Gasteiger partial charge is 0.334 e. The van der Waals surface area contributed by atoms with E-state index in [1.54, 1.807) is 24.3 Å². The average molecular weight is 236 g/mol. The minimum atomic E-state index is -4.18. The van der Waals surface area contributed by atoms with Gasteiger partial charge in [0.2, 0.25) is 0 Å². The number of hydrogen-bond acceptors (Lipinski definition) is 2. The van der Waals surface area contributed by atoms with Crippen molar-refractivity contribution in [1.29, 1.82) is 0 Å². The summed E-state index contributed by atoms with van der Waals surface area (Å²) in [5.41, 5.74) is 4.86. The molecule has 0 saturated heterocycles. The molecule has 0 saturated carbocycles. The van der Waals surface area contributed by atoms with Crippen LogP contribution in [0, 0.1) is 0 Å². The van der Waals surface area contributed by atoms with Crippen LogP contribution in [-0.4, -0.2) is 16.3 Å². The highest BCUT2D eigenvalue weighted by Gasteiger charge is 2.28. The molecule has 4 N–H and O–H groups in total. The Morgan fingerprint density at radius 1 is 1.36 bits per heavy atom. The SMILES string of the molecule is NCC(c1ccc(Cl)cc1)P(=O)(O)O. The molecule has 6 heteroatoms. The Balaban J connectivity index is 3.02. The van der Waals surface area contributed by atoms with Gasteiger partial charge in [0.1, 0.15) is 0 Å². The van der Waals surface area contributed by atoms with Crippen molar-refractivity contribution in [2.75, 3.05) is 6.54 Å². The first-order valence-corrected chi connectivity index (χ1v) is 6.02. The van der Waals surface area contributed by atoms with E-state index >= 15 is 0 Å². The zero-order valence-corrected chi connectivity index (χ0v) is 8.95. The van der Waals surface area contributed by atoms with Gasteiger partial charge in [-0.2, -0.15) is 0 Å². The van der Waals surface area contributed by atoms with Crippen molar-refractivity contribution in [1.82, 2.24) is 0 Å². The molecule has 4 nitrogen and oxygen atoms in total. The summed E-state index contributed by atoms with van der Waals surface area (Å²) in [7, 11) is -4.18. The second-order valence-corrected chi connectivity index (χ2v) is 5.13. The first-order chi connectivity index (χ1) is 6.45. The Labute approximate surface area is 86.9 Å². The van der Waals surface area contributed by atoms with Crippen LogP contribution in [0.1, 0.15) is 11.2 Å². The summed E-state index contributed by atoms with van der Waals surface area (Å²) in [6, 6.07) is 6.29. The van der Waals surface area contributed by atoms with E-state index in [0.29, 0.717) is 10.6 Å². The van der Waals surface area contributed by atoms with Gasteiger partial charge in [-0.05, 0) is 17.7 Å². The molecular formula is C8H11ClNO3P. The zero-order chi connectivity index (χ0) is 10.8. The van der Waals surface area contributed by atoms with E-state index in [1.165, 1.54) is 0 Å². The van der Waals surface area contributed by atoms with Crippen molar-refractivity contribution >= 4 is 19.2 Å². The molecule has 0 fully saturated rings. The summed E-state index contributed by atoms with van der Waals surface area (Å²) in [4.78, 5) is 18.0. The van der Waals surface area contributed by atoms with Crippen LogP contribution in [0.2, 0.25) is 5.02 Å². The van der Waals surface area contributed by atoms with Crippen LogP contribution in [0.4, 0.5) is 0 Å². The van der Waals surface area contributed by atoms with E-state index in [4.69, 9.17) is 27.1 Å². The number of halogens is 1. The van der Waals surface area contributed by atoms with Gasteiger partial charge >= 0.3 is 7.60 Å². The third kappa shape index (κ3) is 2.80. The standard InChI is InChI=1S/C8H11ClNO3P/c9-7-3-1-6(2-4-7)8(5-10)14(11,12)13/h1-4,8H,5,10H2,(H2,11,12,13). The fourth-order valence-electron chi connectivity index (χ4n) is 1.15. The molecule has 78 valence electrons. The molecule has 0 bridgehead atoms. The predicted molar refractivity (Wildman–Crippen MR) is 55.3 cm³/mol. The van der Waals surface area contributed by atoms with Gasteiger partial charge in [-0.15, -0.1) is 0 Å². The fourth-order valence-corrected chi connectivity index (χ4v) is 2.11. The van der Waals surface area contributed by atoms with Crippen LogP contribution in [0.5, 0.6) is 0 Å². The third-order valence-electron chi connectivity index (χ3n) is 1.88. The van der Waals surface area contributed by atoms with E-state index in [1.807, 2.05) is 0 Å². The maximum atomic E-state index is 11.0. The van der Waals surface area contributed by atoms with Gasteiger partial charge in [0.25, 0.3) is 0 Å². The monoisotopic (exact) mass is 235 g/mol. The van der Waals surface area contributed by atoms with Gasteiger partial charge in [-0.3, -0.25) is 4.57 Å². The molecule has 0 amide bonds. The van der Waals surface area contributed by atoms with Gasteiger partial charge in [-0.1, -0.05) is 23.7 Å². The molecule has 0 heterocycles. The molecule has 1 rings (SSSR count). The van der Waals surface area contributed by atoms with Gasteiger partial charge in [-0.25, -0.2) is 0 Å². The Morgan fingerprint density at radius 3 is 2.21 bits per heavy atom. The Morgan fingerprint density at radius 2 is 1.86 bits per heavy atom. The van der Waals surface area contributed by atoms with Gasteiger partial charge < -0.3 is 15.5 Å². The molecule has 1 atom stereocenters. The number of nitrogens with two attached hydrogens (primary N) is 1. The summed E-state index contributed by atoms with van der Waals surface area (Å²) in [5.74, 6) is 0. The molecule has 0 aromatic heterocycles. The molecule has 0 radical (unpaired) electrons. The third-order valence-corrected chi connectivity index (χ3v) is 3.46. The van der Waals surface area contributed by atoms with E-state index in [2.05, 4.69) is 0 Å². The molecule has 0 aliphatic rings. The fraction of sp³-hybridized carbons (Fsp3) is 0.250. The van der Waals surface area contributed by atoms with Crippen LogP contribution >= 0.6 is 19.2 Å². The van der Waals surface area contributed by atoms with Crippen molar-refractivity contribution in [3.05, 3.63) is 34.9 Å². The first-order valence-electron chi connectivity index (χ1n) is 3.96. The van der Waals surface area contributed by atoms with Crippen LogP contribution in [0.15, 0.2) is 24.3 Å². The van der Waals surface area contributed by atoms with Crippen molar-refractivity contribution in [3.8, 4) is 0 Å². The maximum Gasteiger partial charge on any atom is 0.334 e. The van der Waals surface area contributed by atoms with Crippen LogP contribution in [-0.2, 0) is 4.57 Å². The Hall–Kier alpha value is -0.380. The number of hydrogen-bond donors (Lipinski definition) is 3. The highest BCUT2D eigenvalue weighted by Crippen LogP contribution is 2.51. The summed E-state index contributed by atoms with van der Waals surface area (Å²) in [6.45, 7) is -0.0914. The Kier molecular flexibility index (Phi) is 3.70. The predicted octanol–water partition coefficient (Wildman–Crippen LogP) is 1.52. The van der Waals surface area contributed by atoms with E-state index in [9.17, 15) is 4.57 Å². The highest BCUT2D eigenvalue weighted by atomic mass is 35.5. The number of rotatable bonds is 3. The zero-order valence-electron chi connectivity index (χ0n) is 7.30. The van der Waals surface area contributed by atoms with Crippen molar-refractivity contribution in [3.63, 3.8) is 0 Å². The topological polar surface area (TPSA) is 83.6 Å². The second-order valence-electron chi connectivity index (χ2n) is 2.89. The molecule has 0 spiro atoms. The van der Waals surface area contributed by atoms with Gasteiger partial charge in [0.05, 0.1) is 5.66 Å². The van der Waals surface area contributed by atoms with Gasteiger partial charge in [0.15, 0.2) is 0 Å².